The Morgan fingerprint density at radius 1 is 0.545 bits per heavy atom. The first-order valence-corrected chi connectivity index (χ1v) is 11.5. The van der Waals surface area contributed by atoms with Crippen molar-refractivity contribution in [3.8, 4) is 0 Å². The Kier molecular flexibility index (Phi) is 19.7. The highest BCUT2D eigenvalue weighted by molar-refractivity contribution is 7.99. The third-order valence-corrected chi connectivity index (χ3v) is 5.92. The first-order chi connectivity index (χ1) is 10.8. The van der Waals surface area contributed by atoms with E-state index < -0.39 is 0 Å². The summed E-state index contributed by atoms with van der Waals surface area (Å²) in [4.78, 5) is 0. The lowest BCUT2D eigenvalue weighted by molar-refractivity contribution is 0.538. The zero-order valence-electron chi connectivity index (χ0n) is 16.0. The molecule has 134 valence electrons. The largest absolute Gasteiger partial charge is 0.159 e. The second-order valence-electron chi connectivity index (χ2n) is 7.07. The Labute approximate surface area is 146 Å². The van der Waals surface area contributed by atoms with Crippen LogP contribution in [-0.2, 0) is 0 Å². The minimum absolute atomic E-state index is 0.881. The maximum absolute atomic E-state index is 2.39. The summed E-state index contributed by atoms with van der Waals surface area (Å²) in [6.45, 7) is 6.98. The van der Waals surface area contributed by atoms with Gasteiger partial charge in [-0.1, -0.05) is 111 Å². The molecule has 0 saturated carbocycles. The molecule has 1 heteroatoms. The van der Waals surface area contributed by atoms with Gasteiger partial charge in [0.25, 0.3) is 0 Å². The molecule has 0 aromatic carbocycles. The summed E-state index contributed by atoms with van der Waals surface area (Å²) in [7, 11) is 0. The Balaban J connectivity index is 3.00. The third-order valence-electron chi connectivity index (χ3n) is 4.60. The van der Waals surface area contributed by atoms with Crippen LogP contribution in [0.15, 0.2) is 0 Å². The van der Waals surface area contributed by atoms with Gasteiger partial charge < -0.3 is 0 Å². The van der Waals surface area contributed by atoms with Crippen LogP contribution in [0.25, 0.3) is 0 Å². The molecule has 0 aromatic rings. The molecule has 0 rings (SSSR count). The van der Waals surface area contributed by atoms with Gasteiger partial charge in [0.15, 0.2) is 0 Å². The van der Waals surface area contributed by atoms with E-state index in [1.165, 1.54) is 108 Å². The topological polar surface area (TPSA) is 0 Å². The van der Waals surface area contributed by atoms with Crippen LogP contribution < -0.4 is 0 Å². The van der Waals surface area contributed by atoms with E-state index >= 15 is 0 Å². The average molecular weight is 329 g/mol. The Bertz CT molecular complexity index is 190. The summed E-state index contributed by atoms with van der Waals surface area (Å²) in [5, 5.41) is 0.881. The average Bonchev–Trinajstić information content (AvgIpc) is 2.51. The van der Waals surface area contributed by atoms with Crippen molar-refractivity contribution in [1.82, 2.24) is 0 Å². The van der Waals surface area contributed by atoms with Gasteiger partial charge in [-0.05, 0) is 18.6 Å². The van der Waals surface area contributed by atoms with Crippen molar-refractivity contribution < 1.29 is 0 Å². The molecule has 0 bridgehead atoms. The molecule has 0 spiro atoms. The highest BCUT2D eigenvalue weighted by atomic mass is 32.2. The standard InChI is InChI=1S/C21H44S/c1-4-6-7-8-9-10-11-12-13-14-15-16-17-18-20-22-21(3)19-5-2/h21H,4-20H2,1-3H3. The summed E-state index contributed by atoms with van der Waals surface area (Å²) in [5.74, 6) is 1.39. The lowest BCUT2D eigenvalue weighted by Gasteiger charge is -2.09. The van der Waals surface area contributed by atoms with Crippen molar-refractivity contribution >= 4 is 11.8 Å². The molecule has 1 unspecified atom stereocenters. The van der Waals surface area contributed by atoms with Gasteiger partial charge in [-0.3, -0.25) is 0 Å². The normalized spacial score (nSPS) is 12.7. The predicted octanol–water partition coefficient (Wildman–Crippen LogP) is 8.39. The third kappa shape index (κ3) is 18.4. The van der Waals surface area contributed by atoms with Gasteiger partial charge in [-0.25, -0.2) is 0 Å². The van der Waals surface area contributed by atoms with Crippen LogP contribution in [0.2, 0.25) is 0 Å². The molecule has 0 fully saturated rings. The van der Waals surface area contributed by atoms with Crippen LogP contribution in [0.4, 0.5) is 0 Å². The Morgan fingerprint density at radius 2 is 0.955 bits per heavy atom. The molecule has 22 heavy (non-hydrogen) atoms. The van der Waals surface area contributed by atoms with Gasteiger partial charge >= 0.3 is 0 Å². The zero-order chi connectivity index (χ0) is 16.3. The van der Waals surface area contributed by atoms with Crippen molar-refractivity contribution in [2.75, 3.05) is 5.75 Å². The number of hydrogen-bond acceptors (Lipinski definition) is 1. The van der Waals surface area contributed by atoms with Gasteiger partial charge in [0.05, 0.1) is 0 Å². The van der Waals surface area contributed by atoms with Crippen molar-refractivity contribution in [1.29, 1.82) is 0 Å². The molecule has 0 radical (unpaired) electrons. The van der Waals surface area contributed by atoms with E-state index in [-0.39, 0.29) is 0 Å². The van der Waals surface area contributed by atoms with Crippen LogP contribution in [0.3, 0.4) is 0 Å². The van der Waals surface area contributed by atoms with Crippen LogP contribution in [-0.4, -0.2) is 11.0 Å². The van der Waals surface area contributed by atoms with E-state index in [9.17, 15) is 0 Å². The molecular formula is C21H44S. The lowest BCUT2D eigenvalue weighted by atomic mass is 10.0. The second kappa shape index (κ2) is 19.4. The van der Waals surface area contributed by atoms with Gasteiger partial charge in [-0.2, -0.15) is 11.8 Å². The quantitative estimate of drug-likeness (QED) is 0.228. The highest BCUT2D eigenvalue weighted by Gasteiger charge is 2.00. The van der Waals surface area contributed by atoms with Gasteiger partial charge in [0.2, 0.25) is 0 Å². The predicted molar refractivity (Wildman–Crippen MR) is 107 cm³/mol. The molecule has 0 amide bonds. The maximum Gasteiger partial charge on any atom is 0.00186 e. The second-order valence-corrected chi connectivity index (χ2v) is 8.61. The fourth-order valence-electron chi connectivity index (χ4n) is 3.07. The fraction of sp³-hybridized carbons (Fsp3) is 1.00. The minimum Gasteiger partial charge on any atom is -0.159 e. The van der Waals surface area contributed by atoms with E-state index in [1.807, 2.05) is 0 Å². The lowest BCUT2D eigenvalue weighted by Crippen LogP contribution is -1.96. The molecular weight excluding hydrogens is 284 g/mol. The van der Waals surface area contributed by atoms with E-state index in [2.05, 4.69) is 32.5 Å². The number of thioether (sulfide) groups is 1. The summed E-state index contributed by atoms with van der Waals surface area (Å²) >= 11 is 2.19. The van der Waals surface area contributed by atoms with Gasteiger partial charge in [0, 0.05) is 5.25 Å². The van der Waals surface area contributed by atoms with E-state index in [4.69, 9.17) is 0 Å². The molecule has 0 aromatic heterocycles. The van der Waals surface area contributed by atoms with Crippen molar-refractivity contribution in [2.24, 2.45) is 0 Å². The summed E-state index contributed by atoms with van der Waals surface area (Å²) in [6.07, 6.45) is 23.2. The maximum atomic E-state index is 2.39. The zero-order valence-corrected chi connectivity index (χ0v) is 16.8. The first-order valence-electron chi connectivity index (χ1n) is 10.4. The van der Waals surface area contributed by atoms with Crippen LogP contribution in [0.5, 0.6) is 0 Å². The fourth-order valence-corrected chi connectivity index (χ4v) is 4.25. The Hall–Kier alpha value is 0.350. The molecule has 0 N–H and O–H groups in total. The summed E-state index contributed by atoms with van der Waals surface area (Å²) in [5.41, 5.74) is 0. The molecule has 0 saturated heterocycles. The van der Waals surface area contributed by atoms with Crippen LogP contribution >= 0.6 is 11.8 Å². The summed E-state index contributed by atoms with van der Waals surface area (Å²) < 4.78 is 0. The molecule has 0 nitrogen and oxygen atoms in total. The van der Waals surface area contributed by atoms with Gasteiger partial charge in [-0.15, -0.1) is 0 Å². The molecule has 0 aliphatic heterocycles. The minimum atomic E-state index is 0.881. The molecule has 0 heterocycles. The van der Waals surface area contributed by atoms with Crippen LogP contribution in [0, 0.1) is 0 Å². The van der Waals surface area contributed by atoms with E-state index in [0.717, 1.165) is 5.25 Å². The van der Waals surface area contributed by atoms with Crippen molar-refractivity contribution in [3.05, 3.63) is 0 Å². The highest BCUT2D eigenvalue weighted by Crippen LogP contribution is 2.18. The van der Waals surface area contributed by atoms with Crippen molar-refractivity contribution in [3.63, 3.8) is 0 Å². The molecule has 0 aliphatic carbocycles. The molecule has 1 atom stereocenters. The monoisotopic (exact) mass is 328 g/mol. The SMILES string of the molecule is CCCCCCCCCCCCCCCCSC(C)CCC. The van der Waals surface area contributed by atoms with E-state index in [1.54, 1.807) is 0 Å². The number of unbranched alkanes of at least 4 members (excludes halogenated alkanes) is 13. The summed E-state index contributed by atoms with van der Waals surface area (Å²) in [6, 6.07) is 0. The number of rotatable bonds is 18. The van der Waals surface area contributed by atoms with E-state index in [0.29, 0.717) is 0 Å². The molecule has 0 aliphatic rings. The van der Waals surface area contributed by atoms with Crippen molar-refractivity contribution in [2.45, 2.75) is 129 Å². The smallest absolute Gasteiger partial charge is 0.00186 e. The van der Waals surface area contributed by atoms with Gasteiger partial charge in [0.1, 0.15) is 0 Å². The first kappa shape index (κ1) is 22.4. The van der Waals surface area contributed by atoms with Crippen LogP contribution in [0.1, 0.15) is 124 Å². The Morgan fingerprint density at radius 3 is 1.36 bits per heavy atom. The number of hydrogen-bond donors (Lipinski definition) is 0.